The van der Waals surface area contributed by atoms with Crippen LogP contribution in [0.4, 0.5) is 0 Å². The topological polar surface area (TPSA) is 86.8 Å². The summed E-state index contributed by atoms with van der Waals surface area (Å²) in [7, 11) is -3.63. The first-order valence-electron chi connectivity index (χ1n) is 9.57. The molecule has 1 aliphatic rings. The van der Waals surface area contributed by atoms with Crippen molar-refractivity contribution in [3.8, 4) is 0 Å². The number of hydrogen-bond donors (Lipinski definition) is 1. The second kappa shape index (κ2) is 9.16. The molecular weight excluding hydrogens is 426 g/mol. The van der Waals surface area contributed by atoms with E-state index in [-0.39, 0.29) is 49.4 Å². The maximum absolute atomic E-state index is 12.7. The Hall–Kier alpha value is -2.42. The molecule has 2 amide bonds. The summed E-state index contributed by atoms with van der Waals surface area (Å²) in [6.45, 7) is 4.69. The predicted octanol–water partition coefficient (Wildman–Crippen LogP) is 2.22. The minimum Gasteiger partial charge on any atom is -0.343 e. The Morgan fingerprint density at radius 3 is 2.20 bits per heavy atom. The van der Waals surface area contributed by atoms with Crippen LogP contribution in [0.2, 0.25) is 5.02 Å². The fourth-order valence-electron chi connectivity index (χ4n) is 3.19. The predicted molar refractivity (Wildman–Crippen MR) is 115 cm³/mol. The monoisotopic (exact) mass is 449 g/mol. The summed E-state index contributed by atoms with van der Waals surface area (Å²) >= 11 is 5.82. The Kier molecular flexibility index (Phi) is 6.80. The lowest BCUT2D eigenvalue weighted by atomic mass is 10.1. The van der Waals surface area contributed by atoms with Gasteiger partial charge < -0.3 is 10.2 Å². The Morgan fingerprint density at radius 2 is 1.60 bits per heavy atom. The third-order valence-electron chi connectivity index (χ3n) is 5.21. The molecule has 1 N–H and O–H groups in total. The standard InChI is InChI=1S/C21H24ClN3O4S/c1-15-3-4-17(13-16(15)2)21(27)23-14-20(26)24-9-11-25(12-10-24)30(28,29)19-7-5-18(22)6-8-19/h3-8,13H,9-12,14H2,1-2H3,(H,23,27). The summed E-state index contributed by atoms with van der Waals surface area (Å²) in [5.74, 6) is -0.550. The molecule has 1 saturated heterocycles. The molecule has 0 saturated carbocycles. The molecule has 7 nitrogen and oxygen atoms in total. The van der Waals surface area contributed by atoms with Crippen LogP contribution in [0.25, 0.3) is 0 Å². The molecule has 2 aromatic rings. The number of piperazine rings is 1. The first kappa shape index (κ1) is 22.3. The third kappa shape index (κ3) is 5.00. The highest BCUT2D eigenvalue weighted by atomic mass is 35.5. The van der Waals surface area contributed by atoms with Crippen LogP contribution >= 0.6 is 11.6 Å². The van der Waals surface area contributed by atoms with Gasteiger partial charge in [0, 0.05) is 36.8 Å². The quantitative estimate of drug-likeness (QED) is 0.758. The number of sulfonamides is 1. The smallest absolute Gasteiger partial charge is 0.251 e. The number of aryl methyl sites for hydroxylation is 2. The van der Waals surface area contributed by atoms with Crippen molar-refractivity contribution in [1.82, 2.24) is 14.5 Å². The van der Waals surface area contributed by atoms with Gasteiger partial charge >= 0.3 is 0 Å². The Labute approximate surface area is 181 Å². The number of carbonyl (C=O) groups is 2. The van der Waals surface area contributed by atoms with Crippen molar-refractivity contribution in [1.29, 1.82) is 0 Å². The van der Waals surface area contributed by atoms with Crippen molar-refractivity contribution in [3.63, 3.8) is 0 Å². The van der Waals surface area contributed by atoms with E-state index < -0.39 is 10.0 Å². The average molecular weight is 450 g/mol. The van der Waals surface area contributed by atoms with Gasteiger partial charge in [-0.15, -0.1) is 0 Å². The fourth-order valence-corrected chi connectivity index (χ4v) is 4.73. The highest BCUT2D eigenvalue weighted by Gasteiger charge is 2.30. The average Bonchev–Trinajstić information content (AvgIpc) is 2.74. The van der Waals surface area contributed by atoms with Crippen molar-refractivity contribution < 1.29 is 18.0 Å². The first-order chi connectivity index (χ1) is 14.2. The molecule has 0 unspecified atom stereocenters. The molecule has 160 valence electrons. The summed E-state index contributed by atoms with van der Waals surface area (Å²) < 4.78 is 26.8. The fraction of sp³-hybridized carbons (Fsp3) is 0.333. The minimum atomic E-state index is -3.63. The van der Waals surface area contributed by atoms with E-state index in [0.29, 0.717) is 10.6 Å². The van der Waals surface area contributed by atoms with E-state index in [2.05, 4.69) is 5.32 Å². The maximum atomic E-state index is 12.7. The Bertz CT molecular complexity index is 1050. The van der Waals surface area contributed by atoms with Gasteiger partial charge in [-0.05, 0) is 61.4 Å². The Balaban J connectivity index is 1.53. The number of carbonyl (C=O) groups excluding carboxylic acids is 2. The summed E-state index contributed by atoms with van der Waals surface area (Å²) in [6.07, 6.45) is 0. The number of hydrogen-bond acceptors (Lipinski definition) is 4. The zero-order chi connectivity index (χ0) is 21.9. The molecule has 1 fully saturated rings. The lowest BCUT2D eigenvalue weighted by Crippen LogP contribution is -2.52. The molecule has 0 atom stereocenters. The molecule has 3 rings (SSSR count). The third-order valence-corrected chi connectivity index (χ3v) is 7.38. The lowest BCUT2D eigenvalue weighted by molar-refractivity contribution is -0.131. The zero-order valence-electron chi connectivity index (χ0n) is 16.9. The molecular formula is C21H24ClN3O4S. The van der Waals surface area contributed by atoms with Crippen molar-refractivity contribution in [3.05, 3.63) is 64.2 Å². The normalized spacial score (nSPS) is 15.1. The van der Waals surface area contributed by atoms with E-state index in [1.807, 2.05) is 19.9 Å². The highest BCUT2D eigenvalue weighted by molar-refractivity contribution is 7.89. The number of benzene rings is 2. The van der Waals surface area contributed by atoms with E-state index in [4.69, 9.17) is 11.6 Å². The molecule has 0 aromatic heterocycles. The molecule has 0 radical (unpaired) electrons. The van der Waals surface area contributed by atoms with Gasteiger partial charge in [-0.2, -0.15) is 4.31 Å². The molecule has 1 heterocycles. The molecule has 0 bridgehead atoms. The van der Waals surface area contributed by atoms with E-state index >= 15 is 0 Å². The van der Waals surface area contributed by atoms with Crippen molar-refractivity contribution in [2.45, 2.75) is 18.7 Å². The number of nitrogens with zero attached hydrogens (tertiary/aromatic N) is 2. The van der Waals surface area contributed by atoms with Crippen molar-refractivity contribution >= 4 is 33.4 Å². The van der Waals surface area contributed by atoms with E-state index in [1.54, 1.807) is 17.0 Å². The molecule has 30 heavy (non-hydrogen) atoms. The second-order valence-electron chi connectivity index (χ2n) is 7.22. The first-order valence-corrected chi connectivity index (χ1v) is 11.4. The summed E-state index contributed by atoms with van der Waals surface area (Å²) in [5.41, 5.74) is 2.60. The van der Waals surface area contributed by atoms with Gasteiger partial charge in [-0.3, -0.25) is 9.59 Å². The van der Waals surface area contributed by atoms with Crippen LogP contribution in [-0.4, -0.2) is 62.2 Å². The van der Waals surface area contributed by atoms with Gasteiger partial charge in [0.25, 0.3) is 5.91 Å². The van der Waals surface area contributed by atoms with Gasteiger partial charge in [0.15, 0.2) is 0 Å². The highest BCUT2D eigenvalue weighted by Crippen LogP contribution is 2.20. The van der Waals surface area contributed by atoms with E-state index in [1.165, 1.54) is 28.6 Å². The van der Waals surface area contributed by atoms with Crippen LogP contribution in [0.3, 0.4) is 0 Å². The van der Waals surface area contributed by atoms with Gasteiger partial charge in [-0.1, -0.05) is 17.7 Å². The van der Waals surface area contributed by atoms with Crippen LogP contribution in [0, 0.1) is 13.8 Å². The largest absolute Gasteiger partial charge is 0.343 e. The molecule has 1 aliphatic heterocycles. The summed E-state index contributed by atoms with van der Waals surface area (Å²) in [5, 5.41) is 3.11. The molecule has 2 aromatic carbocycles. The SMILES string of the molecule is Cc1ccc(C(=O)NCC(=O)N2CCN(S(=O)(=O)c3ccc(Cl)cc3)CC2)cc1C. The second-order valence-corrected chi connectivity index (χ2v) is 9.59. The van der Waals surface area contributed by atoms with Crippen molar-refractivity contribution in [2.75, 3.05) is 32.7 Å². The summed E-state index contributed by atoms with van der Waals surface area (Å²) in [6, 6.07) is 11.4. The number of halogens is 1. The van der Waals surface area contributed by atoms with Crippen LogP contribution in [0.5, 0.6) is 0 Å². The van der Waals surface area contributed by atoms with Gasteiger partial charge in [0.1, 0.15) is 0 Å². The van der Waals surface area contributed by atoms with Gasteiger partial charge in [0.2, 0.25) is 15.9 Å². The Morgan fingerprint density at radius 1 is 0.967 bits per heavy atom. The van der Waals surface area contributed by atoms with E-state index in [0.717, 1.165) is 11.1 Å². The van der Waals surface area contributed by atoms with Crippen LogP contribution < -0.4 is 5.32 Å². The molecule has 9 heteroatoms. The van der Waals surface area contributed by atoms with E-state index in [9.17, 15) is 18.0 Å². The lowest BCUT2D eigenvalue weighted by Gasteiger charge is -2.34. The molecule has 0 spiro atoms. The van der Waals surface area contributed by atoms with Crippen molar-refractivity contribution in [2.24, 2.45) is 0 Å². The number of rotatable bonds is 5. The maximum Gasteiger partial charge on any atom is 0.251 e. The number of nitrogens with one attached hydrogen (secondary N) is 1. The van der Waals surface area contributed by atoms with Gasteiger partial charge in [-0.25, -0.2) is 8.42 Å². The van der Waals surface area contributed by atoms with Crippen LogP contribution in [0.15, 0.2) is 47.4 Å². The zero-order valence-corrected chi connectivity index (χ0v) is 18.5. The number of amides is 2. The summed E-state index contributed by atoms with van der Waals surface area (Å²) in [4.78, 5) is 26.5. The molecule has 0 aliphatic carbocycles. The van der Waals surface area contributed by atoms with Crippen LogP contribution in [-0.2, 0) is 14.8 Å². The van der Waals surface area contributed by atoms with Gasteiger partial charge in [0.05, 0.1) is 11.4 Å². The minimum absolute atomic E-state index is 0.129. The van der Waals surface area contributed by atoms with Crippen LogP contribution in [0.1, 0.15) is 21.5 Å².